The van der Waals surface area contributed by atoms with Crippen molar-refractivity contribution in [2.24, 2.45) is 0 Å². The number of hydrogen-bond acceptors (Lipinski definition) is 5. The van der Waals surface area contributed by atoms with Gasteiger partial charge in [-0.15, -0.1) is 0 Å². The van der Waals surface area contributed by atoms with Crippen LogP contribution < -0.4 is 0 Å². The summed E-state index contributed by atoms with van der Waals surface area (Å²) in [6, 6.07) is 0. The number of hydrogen-bond donors (Lipinski definition) is 0. The first-order valence-corrected chi connectivity index (χ1v) is 6.05. The topological polar surface area (TPSA) is 44.8 Å². The third-order valence-electron chi connectivity index (χ3n) is 1.71. The van der Waals surface area contributed by atoms with E-state index in [2.05, 4.69) is 4.74 Å². The van der Waals surface area contributed by atoms with Crippen molar-refractivity contribution in [1.29, 1.82) is 0 Å². The maximum Gasteiger partial charge on any atom is 0.306 e. The van der Waals surface area contributed by atoms with E-state index in [9.17, 15) is 4.79 Å². The van der Waals surface area contributed by atoms with Gasteiger partial charge in [0.1, 0.15) is 0 Å². The molecule has 0 amide bonds. The summed E-state index contributed by atoms with van der Waals surface area (Å²) in [4.78, 5) is 10.9. The standard InChI is InChI=1S/C10H20O4S/c1-5-13-10(3,14-6-2)15-8-7-9(11)12-4/h5-8H2,1-4H3. The lowest BCUT2D eigenvalue weighted by atomic mass is 10.5. The molecule has 0 aliphatic rings. The van der Waals surface area contributed by atoms with Gasteiger partial charge in [0, 0.05) is 25.9 Å². The highest BCUT2D eigenvalue weighted by molar-refractivity contribution is 8.00. The first-order chi connectivity index (χ1) is 7.08. The van der Waals surface area contributed by atoms with Crippen molar-refractivity contribution in [2.45, 2.75) is 32.3 Å². The van der Waals surface area contributed by atoms with E-state index in [0.717, 1.165) is 0 Å². The maximum absolute atomic E-state index is 10.9. The molecule has 0 atom stereocenters. The van der Waals surface area contributed by atoms with Gasteiger partial charge in [-0.3, -0.25) is 4.79 Å². The molecule has 0 saturated carbocycles. The molecule has 0 saturated heterocycles. The van der Waals surface area contributed by atoms with Crippen molar-refractivity contribution < 1.29 is 19.0 Å². The van der Waals surface area contributed by atoms with E-state index in [1.165, 1.54) is 18.9 Å². The van der Waals surface area contributed by atoms with Gasteiger partial charge >= 0.3 is 5.97 Å². The van der Waals surface area contributed by atoms with Crippen molar-refractivity contribution in [3.8, 4) is 0 Å². The zero-order chi connectivity index (χ0) is 11.7. The Bertz CT molecular complexity index is 178. The second kappa shape index (κ2) is 7.96. The molecule has 0 aliphatic heterocycles. The minimum atomic E-state index is -0.655. The van der Waals surface area contributed by atoms with Crippen LogP contribution in [0.15, 0.2) is 0 Å². The molecule has 5 heteroatoms. The largest absolute Gasteiger partial charge is 0.469 e. The van der Waals surface area contributed by atoms with Gasteiger partial charge in [-0.25, -0.2) is 0 Å². The van der Waals surface area contributed by atoms with E-state index < -0.39 is 5.12 Å². The lowest BCUT2D eigenvalue weighted by molar-refractivity contribution is -0.152. The summed E-state index contributed by atoms with van der Waals surface area (Å²) in [7, 11) is 1.39. The molecule has 0 unspecified atom stereocenters. The zero-order valence-corrected chi connectivity index (χ0v) is 10.7. The van der Waals surface area contributed by atoms with Gasteiger partial charge in [0.05, 0.1) is 13.5 Å². The minimum absolute atomic E-state index is 0.210. The first kappa shape index (κ1) is 14.7. The van der Waals surface area contributed by atoms with Crippen molar-refractivity contribution in [3.63, 3.8) is 0 Å². The summed E-state index contributed by atoms with van der Waals surface area (Å²) in [6.45, 7) is 6.86. The Hall–Kier alpha value is -0.260. The van der Waals surface area contributed by atoms with E-state index in [1.54, 1.807) is 0 Å². The van der Waals surface area contributed by atoms with Crippen LogP contribution in [0.2, 0.25) is 0 Å². The second-order valence-corrected chi connectivity index (χ2v) is 4.34. The SMILES string of the molecule is CCOC(C)(OCC)SCCC(=O)OC. The molecule has 15 heavy (non-hydrogen) atoms. The average Bonchev–Trinajstić information content (AvgIpc) is 2.18. The predicted molar refractivity (Wildman–Crippen MR) is 60.7 cm³/mol. The number of esters is 1. The Morgan fingerprint density at radius 2 is 1.80 bits per heavy atom. The molecule has 0 aromatic rings. The van der Waals surface area contributed by atoms with Crippen LogP contribution in [0.4, 0.5) is 0 Å². The van der Waals surface area contributed by atoms with Crippen LogP contribution >= 0.6 is 11.8 Å². The first-order valence-electron chi connectivity index (χ1n) is 5.06. The molecule has 0 bridgehead atoms. The van der Waals surface area contributed by atoms with Crippen LogP contribution in [0.1, 0.15) is 27.2 Å². The second-order valence-electron chi connectivity index (χ2n) is 2.90. The summed E-state index contributed by atoms with van der Waals surface area (Å²) in [5, 5.41) is -0.655. The fourth-order valence-corrected chi connectivity index (χ4v) is 2.11. The molecule has 4 nitrogen and oxygen atoms in total. The Kier molecular flexibility index (Phi) is 7.82. The number of methoxy groups -OCH3 is 1. The van der Waals surface area contributed by atoms with Gasteiger partial charge in [-0.2, -0.15) is 0 Å². The van der Waals surface area contributed by atoms with Crippen LogP contribution in [0.5, 0.6) is 0 Å². The van der Waals surface area contributed by atoms with E-state index in [4.69, 9.17) is 9.47 Å². The summed E-state index contributed by atoms with van der Waals surface area (Å²) >= 11 is 1.47. The Morgan fingerprint density at radius 1 is 1.27 bits per heavy atom. The molecule has 0 heterocycles. The summed E-state index contributed by atoms with van der Waals surface area (Å²) < 4.78 is 15.5. The van der Waals surface area contributed by atoms with E-state index in [-0.39, 0.29) is 5.97 Å². The van der Waals surface area contributed by atoms with Crippen LogP contribution in [0.3, 0.4) is 0 Å². The fraction of sp³-hybridized carbons (Fsp3) is 0.900. The molecule has 90 valence electrons. The molecule has 0 aromatic carbocycles. The summed E-state index contributed by atoms with van der Waals surface area (Å²) in [5.41, 5.74) is 0. The van der Waals surface area contributed by atoms with Crippen molar-refractivity contribution in [1.82, 2.24) is 0 Å². The molecular weight excluding hydrogens is 216 g/mol. The average molecular weight is 236 g/mol. The zero-order valence-electron chi connectivity index (χ0n) is 9.87. The van der Waals surface area contributed by atoms with E-state index in [1.807, 2.05) is 20.8 Å². The molecule has 0 rings (SSSR count). The number of carbonyl (C=O) groups excluding carboxylic acids is 1. The number of rotatable bonds is 8. The Morgan fingerprint density at radius 3 is 2.20 bits per heavy atom. The molecule has 0 fully saturated rings. The van der Waals surface area contributed by atoms with Crippen LogP contribution in [0.25, 0.3) is 0 Å². The highest BCUT2D eigenvalue weighted by atomic mass is 32.2. The monoisotopic (exact) mass is 236 g/mol. The molecule has 0 N–H and O–H groups in total. The summed E-state index contributed by atoms with van der Waals surface area (Å²) in [5.74, 6) is 0.418. The highest BCUT2D eigenvalue weighted by Crippen LogP contribution is 2.28. The molecular formula is C10H20O4S. The van der Waals surface area contributed by atoms with Gasteiger partial charge in [0.15, 0.2) is 0 Å². The molecule has 0 aromatic heterocycles. The van der Waals surface area contributed by atoms with Gasteiger partial charge in [0.25, 0.3) is 0 Å². The molecule has 0 aliphatic carbocycles. The number of carbonyl (C=O) groups is 1. The lowest BCUT2D eigenvalue weighted by Gasteiger charge is -2.28. The lowest BCUT2D eigenvalue weighted by Crippen LogP contribution is -2.29. The number of thioether (sulfide) groups is 1. The van der Waals surface area contributed by atoms with Gasteiger partial charge in [-0.1, -0.05) is 11.8 Å². The molecule has 0 spiro atoms. The van der Waals surface area contributed by atoms with Crippen molar-refractivity contribution in [2.75, 3.05) is 26.1 Å². The van der Waals surface area contributed by atoms with Crippen LogP contribution in [-0.4, -0.2) is 37.2 Å². The fourth-order valence-electron chi connectivity index (χ4n) is 1.07. The Labute approximate surface area is 95.6 Å². The number of ether oxygens (including phenoxy) is 3. The van der Waals surface area contributed by atoms with Crippen LogP contribution in [0, 0.1) is 0 Å². The van der Waals surface area contributed by atoms with Crippen molar-refractivity contribution >= 4 is 17.7 Å². The third kappa shape index (κ3) is 6.76. The quantitative estimate of drug-likeness (QED) is 0.476. The maximum atomic E-state index is 10.9. The predicted octanol–water partition coefficient (Wildman–Crippen LogP) is 2.03. The molecule has 0 radical (unpaired) electrons. The van der Waals surface area contributed by atoms with Crippen LogP contribution in [-0.2, 0) is 19.0 Å². The van der Waals surface area contributed by atoms with Gasteiger partial charge < -0.3 is 14.2 Å². The van der Waals surface area contributed by atoms with E-state index >= 15 is 0 Å². The van der Waals surface area contributed by atoms with Crippen molar-refractivity contribution in [3.05, 3.63) is 0 Å². The van der Waals surface area contributed by atoms with Gasteiger partial charge in [0.2, 0.25) is 5.12 Å². The highest BCUT2D eigenvalue weighted by Gasteiger charge is 2.25. The van der Waals surface area contributed by atoms with E-state index in [0.29, 0.717) is 25.4 Å². The summed E-state index contributed by atoms with van der Waals surface area (Å²) in [6.07, 6.45) is 0.372. The van der Waals surface area contributed by atoms with Gasteiger partial charge in [-0.05, 0) is 13.8 Å². The normalized spacial score (nSPS) is 11.5. The minimum Gasteiger partial charge on any atom is -0.469 e. The third-order valence-corrected chi connectivity index (χ3v) is 2.88. The smallest absolute Gasteiger partial charge is 0.306 e. The Balaban J connectivity index is 3.89.